The average Bonchev–Trinajstić information content (AvgIpc) is 3.21. The number of nitrogens with zero attached hydrogens (tertiary/aromatic N) is 1. The van der Waals surface area contributed by atoms with Gasteiger partial charge in [-0.05, 0) is 48.0 Å². The highest BCUT2D eigenvalue weighted by atomic mass is 32.2. The molecule has 4 aromatic rings. The third-order valence-corrected chi connectivity index (χ3v) is 5.67. The maximum atomic E-state index is 12.6. The van der Waals surface area contributed by atoms with Crippen LogP contribution >= 0.6 is 11.8 Å². The van der Waals surface area contributed by atoms with E-state index in [0.717, 1.165) is 27.5 Å². The van der Waals surface area contributed by atoms with Crippen molar-refractivity contribution in [2.45, 2.75) is 17.8 Å². The Morgan fingerprint density at radius 1 is 1.03 bits per heavy atom. The van der Waals surface area contributed by atoms with Gasteiger partial charge in [0, 0.05) is 23.9 Å². The minimum Gasteiger partial charge on any atom is -0.495 e. The van der Waals surface area contributed by atoms with Crippen LogP contribution in [0.15, 0.2) is 71.9 Å². The fourth-order valence-electron chi connectivity index (χ4n) is 3.18. The minimum atomic E-state index is -0.236. The lowest BCUT2D eigenvalue weighted by Gasteiger charge is -2.12. The van der Waals surface area contributed by atoms with Gasteiger partial charge in [-0.15, -0.1) is 0 Å². The minimum absolute atomic E-state index is 0.220. The number of benzene rings is 3. The summed E-state index contributed by atoms with van der Waals surface area (Å²) in [7, 11) is 1.52. The molecular weight excluding hydrogens is 424 g/mol. The Morgan fingerprint density at radius 2 is 1.81 bits per heavy atom. The van der Waals surface area contributed by atoms with Gasteiger partial charge in [0.1, 0.15) is 5.75 Å². The molecule has 0 bridgehead atoms. The summed E-state index contributed by atoms with van der Waals surface area (Å²) in [6.07, 6.45) is 0. The topological polar surface area (TPSA) is 96.1 Å². The number of carbonyl (C=O) groups excluding carboxylic acids is 2. The van der Waals surface area contributed by atoms with E-state index in [9.17, 15) is 9.59 Å². The number of ether oxygens (including phenoxy) is 1. The standard InChI is InChI=1S/C24H22N4O3S/c1-15(29)25-21-13-18(11-12-22(21)31-2)26-23(30)17-9-7-16(8-10-17)14-32-24-27-19-5-3-4-6-20(19)28-24/h3-13H,14H2,1-2H3,(H,25,29)(H,26,30)(H,27,28). The number of imidazole rings is 1. The summed E-state index contributed by atoms with van der Waals surface area (Å²) in [4.78, 5) is 31.9. The summed E-state index contributed by atoms with van der Waals surface area (Å²) < 4.78 is 5.24. The van der Waals surface area contributed by atoms with Crippen LogP contribution in [0.4, 0.5) is 11.4 Å². The second-order valence-corrected chi connectivity index (χ2v) is 8.06. The van der Waals surface area contributed by atoms with Crippen LogP contribution in [0.3, 0.4) is 0 Å². The summed E-state index contributed by atoms with van der Waals surface area (Å²) in [5, 5.41) is 6.41. The Morgan fingerprint density at radius 3 is 2.53 bits per heavy atom. The molecule has 0 saturated heterocycles. The second-order valence-electron chi connectivity index (χ2n) is 7.10. The van der Waals surface area contributed by atoms with Crippen LogP contribution < -0.4 is 15.4 Å². The summed E-state index contributed by atoms with van der Waals surface area (Å²) in [5.41, 5.74) is 4.65. The fraction of sp³-hybridized carbons (Fsp3) is 0.125. The quantitative estimate of drug-likeness (QED) is 0.344. The lowest BCUT2D eigenvalue weighted by molar-refractivity contribution is -0.114. The van der Waals surface area contributed by atoms with Crippen molar-refractivity contribution in [3.8, 4) is 5.75 Å². The van der Waals surface area contributed by atoms with Crippen molar-refractivity contribution in [3.63, 3.8) is 0 Å². The zero-order valence-electron chi connectivity index (χ0n) is 17.6. The normalized spacial score (nSPS) is 10.7. The van der Waals surface area contributed by atoms with Gasteiger partial charge in [-0.2, -0.15) is 0 Å². The van der Waals surface area contributed by atoms with Crippen LogP contribution in [0.5, 0.6) is 5.75 Å². The molecule has 0 unspecified atom stereocenters. The number of anilines is 2. The third-order valence-electron chi connectivity index (χ3n) is 4.73. The summed E-state index contributed by atoms with van der Waals surface area (Å²) in [6.45, 7) is 1.42. The van der Waals surface area contributed by atoms with Crippen molar-refractivity contribution < 1.29 is 14.3 Å². The number of methoxy groups -OCH3 is 1. The van der Waals surface area contributed by atoms with E-state index >= 15 is 0 Å². The molecule has 8 heteroatoms. The molecule has 0 atom stereocenters. The zero-order chi connectivity index (χ0) is 22.5. The number of aromatic amines is 1. The van der Waals surface area contributed by atoms with Gasteiger partial charge in [-0.1, -0.05) is 36.0 Å². The summed E-state index contributed by atoms with van der Waals surface area (Å²) in [5.74, 6) is 0.799. The SMILES string of the molecule is COc1ccc(NC(=O)c2ccc(CSc3nc4ccccc4[nH]3)cc2)cc1NC(C)=O. The molecule has 3 N–H and O–H groups in total. The Labute approximate surface area is 189 Å². The van der Waals surface area contributed by atoms with E-state index in [-0.39, 0.29) is 11.8 Å². The highest BCUT2D eigenvalue weighted by Crippen LogP contribution is 2.28. The molecule has 0 spiro atoms. The van der Waals surface area contributed by atoms with E-state index in [1.165, 1.54) is 14.0 Å². The molecule has 0 aliphatic heterocycles. The van der Waals surface area contributed by atoms with Gasteiger partial charge in [0.05, 0.1) is 23.8 Å². The number of hydrogen-bond acceptors (Lipinski definition) is 5. The fourth-order valence-corrected chi connectivity index (χ4v) is 4.02. The van der Waals surface area contributed by atoms with E-state index in [0.29, 0.717) is 22.7 Å². The highest BCUT2D eigenvalue weighted by molar-refractivity contribution is 7.98. The van der Waals surface area contributed by atoms with Crippen LogP contribution in [0, 0.1) is 0 Å². The van der Waals surface area contributed by atoms with Crippen LogP contribution in [-0.4, -0.2) is 28.9 Å². The molecule has 162 valence electrons. The summed E-state index contributed by atoms with van der Waals surface area (Å²) in [6, 6.07) is 20.5. The maximum absolute atomic E-state index is 12.6. The number of H-pyrrole nitrogens is 1. The van der Waals surface area contributed by atoms with Gasteiger partial charge in [0.25, 0.3) is 5.91 Å². The van der Waals surface area contributed by atoms with E-state index in [4.69, 9.17) is 4.74 Å². The van der Waals surface area contributed by atoms with Crippen LogP contribution in [0.2, 0.25) is 0 Å². The van der Waals surface area contributed by atoms with Gasteiger partial charge < -0.3 is 20.4 Å². The molecule has 0 fully saturated rings. The van der Waals surface area contributed by atoms with Crippen molar-refractivity contribution in [3.05, 3.63) is 77.9 Å². The van der Waals surface area contributed by atoms with E-state index in [1.807, 2.05) is 36.4 Å². The predicted molar refractivity (Wildman–Crippen MR) is 127 cm³/mol. The Bertz CT molecular complexity index is 1230. The molecule has 7 nitrogen and oxygen atoms in total. The molecular formula is C24H22N4O3S. The molecule has 0 aliphatic rings. The molecule has 4 rings (SSSR count). The average molecular weight is 447 g/mol. The lowest BCUT2D eigenvalue weighted by Crippen LogP contribution is -2.13. The number of nitrogens with one attached hydrogen (secondary N) is 3. The van der Waals surface area contributed by atoms with Gasteiger partial charge in [-0.3, -0.25) is 9.59 Å². The van der Waals surface area contributed by atoms with Crippen molar-refractivity contribution in [2.24, 2.45) is 0 Å². The number of amides is 2. The molecule has 32 heavy (non-hydrogen) atoms. The third kappa shape index (κ3) is 5.09. The van der Waals surface area contributed by atoms with Crippen molar-refractivity contribution in [1.82, 2.24) is 9.97 Å². The van der Waals surface area contributed by atoms with E-state index in [1.54, 1.807) is 42.1 Å². The first kappa shape index (κ1) is 21.5. The molecule has 3 aromatic carbocycles. The van der Waals surface area contributed by atoms with Crippen molar-refractivity contribution >= 4 is 46.0 Å². The smallest absolute Gasteiger partial charge is 0.255 e. The van der Waals surface area contributed by atoms with Crippen LogP contribution in [0.1, 0.15) is 22.8 Å². The summed E-state index contributed by atoms with van der Waals surface area (Å²) >= 11 is 1.61. The van der Waals surface area contributed by atoms with E-state index < -0.39 is 0 Å². The maximum Gasteiger partial charge on any atom is 0.255 e. The van der Waals surface area contributed by atoms with E-state index in [2.05, 4.69) is 20.6 Å². The molecule has 1 aromatic heterocycles. The number of aromatic nitrogens is 2. The van der Waals surface area contributed by atoms with Crippen LogP contribution in [-0.2, 0) is 10.5 Å². The van der Waals surface area contributed by atoms with Crippen molar-refractivity contribution in [2.75, 3.05) is 17.7 Å². The molecule has 0 radical (unpaired) electrons. The predicted octanol–water partition coefficient (Wildman–Crippen LogP) is 5.07. The Hall–Kier alpha value is -3.78. The lowest BCUT2D eigenvalue weighted by atomic mass is 10.1. The van der Waals surface area contributed by atoms with Crippen molar-refractivity contribution in [1.29, 1.82) is 0 Å². The first-order valence-electron chi connectivity index (χ1n) is 9.95. The molecule has 0 saturated carbocycles. The van der Waals surface area contributed by atoms with Gasteiger partial charge >= 0.3 is 0 Å². The Kier molecular flexibility index (Phi) is 6.42. The highest BCUT2D eigenvalue weighted by Gasteiger charge is 2.10. The number of rotatable bonds is 7. The zero-order valence-corrected chi connectivity index (χ0v) is 18.5. The van der Waals surface area contributed by atoms with Gasteiger partial charge in [-0.25, -0.2) is 4.98 Å². The number of thioether (sulfide) groups is 1. The second kappa shape index (κ2) is 9.57. The van der Waals surface area contributed by atoms with Gasteiger partial charge in [0.2, 0.25) is 5.91 Å². The Balaban J connectivity index is 1.39. The number of hydrogen-bond donors (Lipinski definition) is 3. The number of carbonyl (C=O) groups is 2. The monoisotopic (exact) mass is 446 g/mol. The number of para-hydroxylation sites is 2. The number of fused-ring (bicyclic) bond motifs is 1. The molecule has 2 amide bonds. The largest absolute Gasteiger partial charge is 0.495 e. The van der Waals surface area contributed by atoms with Gasteiger partial charge in [0.15, 0.2) is 5.16 Å². The first-order valence-corrected chi connectivity index (χ1v) is 10.9. The first-order chi connectivity index (χ1) is 15.5. The molecule has 1 heterocycles. The van der Waals surface area contributed by atoms with Crippen LogP contribution in [0.25, 0.3) is 11.0 Å². The molecule has 0 aliphatic carbocycles.